The standard InChI is InChI=1S/C15H19N3O2/c1-3-16-14(19)10-18(4-2)15(20)12-6-5-7-13-11(12)8-9-17-13/h5-9,17H,3-4,10H2,1-2H3,(H,16,19). The maximum Gasteiger partial charge on any atom is 0.254 e. The lowest BCUT2D eigenvalue weighted by molar-refractivity contribution is -0.121. The van der Waals surface area contributed by atoms with E-state index >= 15 is 0 Å². The van der Waals surface area contributed by atoms with Crippen LogP contribution >= 0.6 is 0 Å². The highest BCUT2D eigenvalue weighted by molar-refractivity contribution is 6.07. The molecule has 0 atom stereocenters. The molecule has 1 aromatic carbocycles. The quantitative estimate of drug-likeness (QED) is 0.872. The van der Waals surface area contributed by atoms with E-state index in [2.05, 4.69) is 10.3 Å². The van der Waals surface area contributed by atoms with Crippen molar-refractivity contribution >= 4 is 22.7 Å². The number of benzene rings is 1. The van der Waals surface area contributed by atoms with Gasteiger partial charge in [-0.15, -0.1) is 0 Å². The molecule has 5 heteroatoms. The predicted octanol–water partition coefficient (Wildman–Crippen LogP) is 1.77. The average molecular weight is 273 g/mol. The predicted molar refractivity (Wildman–Crippen MR) is 78.6 cm³/mol. The molecule has 0 bridgehead atoms. The van der Waals surface area contributed by atoms with E-state index in [1.165, 1.54) is 0 Å². The zero-order valence-electron chi connectivity index (χ0n) is 11.8. The minimum atomic E-state index is -0.135. The molecule has 2 rings (SSSR count). The van der Waals surface area contributed by atoms with Crippen LogP contribution in [0.4, 0.5) is 0 Å². The Hall–Kier alpha value is -2.30. The minimum absolute atomic E-state index is 0.0873. The van der Waals surface area contributed by atoms with Crippen molar-refractivity contribution in [3.05, 3.63) is 36.0 Å². The molecule has 0 saturated carbocycles. The topological polar surface area (TPSA) is 65.2 Å². The van der Waals surface area contributed by atoms with Gasteiger partial charge in [0.2, 0.25) is 5.91 Å². The summed E-state index contributed by atoms with van der Waals surface area (Å²) in [5.74, 6) is -0.257. The maximum absolute atomic E-state index is 12.6. The van der Waals surface area contributed by atoms with Crippen molar-refractivity contribution in [2.24, 2.45) is 0 Å². The number of carbonyl (C=O) groups is 2. The van der Waals surface area contributed by atoms with Crippen LogP contribution in [0.1, 0.15) is 24.2 Å². The van der Waals surface area contributed by atoms with Crippen LogP contribution in [0, 0.1) is 0 Å². The Morgan fingerprint density at radius 1 is 1.25 bits per heavy atom. The Bertz CT molecular complexity index is 618. The number of fused-ring (bicyclic) bond motifs is 1. The van der Waals surface area contributed by atoms with Gasteiger partial charge in [-0.2, -0.15) is 0 Å². The summed E-state index contributed by atoms with van der Waals surface area (Å²) >= 11 is 0. The summed E-state index contributed by atoms with van der Waals surface area (Å²) < 4.78 is 0. The molecule has 1 aromatic heterocycles. The molecule has 5 nitrogen and oxygen atoms in total. The zero-order chi connectivity index (χ0) is 14.5. The fourth-order valence-corrected chi connectivity index (χ4v) is 2.20. The van der Waals surface area contributed by atoms with Gasteiger partial charge in [0.25, 0.3) is 5.91 Å². The van der Waals surface area contributed by atoms with Crippen LogP contribution in [-0.4, -0.2) is 41.3 Å². The summed E-state index contributed by atoms with van der Waals surface area (Å²) in [5.41, 5.74) is 1.54. The largest absolute Gasteiger partial charge is 0.361 e. The van der Waals surface area contributed by atoms with Crippen molar-refractivity contribution in [2.45, 2.75) is 13.8 Å². The average Bonchev–Trinajstić information content (AvgIpc) is 2.92. The fraction of sp³-hybridized carbons (Fsp3) is 0.333. The first-order valence-electron chi connectivity index (χ1n) is 6.79. The van der Waals surface area contributed by atoms with Crippen LogP contribution in [0.5, 0.6) is 0 Å². The van der Waals surface area contributed by atoms with E-state index in [-0.39, 0.29) is 18.4 Å². The third-order valence-electron chi connectivity index (χ3n) is 3.20. The second-order valence-electron chi connectivity index (χ2n) is 4.52. The molecule has 0 radical (unpaired) electrons. The summed E-state index contributed by atoms with van der Waals surface area (Å²) in [6, 6.07) is 7.43. The van der Waals surface area contributed by atoms with E-state index in [4.69, 9.17) is 0 Å². The molecule has 0 fully saturated rings. The van der Waals surface area contributed by atoms with E-state index in [0.29, 0.717) is 18.7 Å². The normalized spacial score (nSPS) is 10.5. The third-order valence-corrected chi connectivity index (χ3v) is 3.20. The van der Waals surface area contributed by atoms with E-state index in [0.717, 1.165) is 10.9 Å². The molecule has 0 spiro atoms. The first-order valence-corrected chi connectivity index (χ1v) is 6.79. The monoisotopic (exact) mass is 273 g/mol. The Balaban J connectivity index is 2.24. The van der Waals surface area contributed by atoms with Gasteiger partial charge in [-0.3, -0.25) is 9.59 Å². The molecule has 2 amide bonds. The minimum Gasteiger partial charge on any atom is -0.361 e. The molecule has 0 aliphatic heterocycles. The van der Waals surface area contributed by atoms with Crippen LogP contribution in [0.2, 0.25) is 0 Å². The summed E-state index contributed by atoms with van der Waals surface area (Å²) in [6.45, 7) is 4.88. The maximum atomic E-state index is 12.6. The number of aromatic nitrogens is 1. The van der Waals surface area contributed by atoms with E-state index in [1.807, 2.05) is 38.2 Å². The first kappa shape index (κ1) is 14.1. The summed E-state index contributed by atoms with van der Waals surface area (Å²) in [5, 5.41) is 3.59. The van der Waals surface area contributed by atoms with E-state index in [1.54, 1.807) is 11.0 Å². The van der Waals surface area contributed by atoms with Gasteiger partial charge >= 0.3 is 0 Å². The first-order chi connectivity index (χ1) is 9.67. The van der Waals surface area contributed by atoms with Crippen LogP contribution in [0.3, 0.4) is 0 Å². The van der Waals surface area contributed by atoms with Gasteiger partial charge in [0.05, 0.1) is 6.54 Å². The van der Waals surface area contributed by atoms with Gasteiger partial charge in [0.1, 0.15) is 0 Å². The number of H-pyrrole nitrogens is 1. The van der Waals surface area contributed by atoms with Gasteiger partial charge in [0.15, 0.2) is 0 Å². The van der Waals surface area contributed by atoms with Gasteiger partial charge < -0.3 is 15.2 Å². The highest BCUT2D eigenvalue weighted by atomic mass is 16.2. The van der Waals surface area contributed by atoms with Crippen molar-refractivity contribution in [3.8, 4) is 0 Å². The molecule has 0 aliphatic rings. The molecule has 20 heavy (non-hydrogen) atoms. The highest BCUT2D eigenvalue weighted by Crippen LogP contribution is 2.19. The van der Waals surface area contributed by atoms with Crippen LogP contribution < -0.4 is 5.32 Å². The molecule has 0 unspecified atom stereocenters. The Kier molecular flexibility index (Phi) is 4.40. The number of nitrogens with one attached hydrogen (secondary N) is 2. The molecule has 0 aliphatic carbocycles. The van der Waals surface area contributed by atoms with Crippen molar-refractivity contribution in [3.63, 3.8) is 0 Å². The number of carbonyl (C=O) groups excluding carboxylic acids is 2. The van der Waals surface area contributed by atoms with Crippen LogP contribution in [-0.2, 0) is 4.79 Å². The van der Waals surface area contributed by atoms with Crippen LogP contribution in [0.15, 0.2) is 30.5 Å². The zero-order valence-corrected chi connectivity index (χ0v) is 11.8. The number of likely N-dealkylation sites (N-methyl/N-ethyl adjacent to an activating group) is 2. The Morgan fingerprint density at radius 3 is 2.75 bits per heavy atom. The molecular formula is C15H19N3O2. The Morgan fingerprint density at radius 2 is 2.05 bits per heavy atom. The second-order valence-corrected chi connectivity index (χ2v) is 4.52. The smallest absolute Gasteiger partial charge is 0.254 e. The fourth-order valence-electron chi connectivity index (χ4n) is 2.20. The molecule has 106 valence electrons. The molecule has 2 N–H and O–H groups in total. The third kappa shape index (κ3) is 2.82. The molecule has 0 saturated heterocycles. The van der Waals surface area contributed by atoms with Crippen molar-refractivity contribution in [1.29, 1.82) is 0 Å². The molecular weight excluding hydrogens is 254 g/mol. The lowest BCUT2D eigenvalue weighted by Gasteiger charge is -2.20. The van der Waals surface area contributed by atoms with Crippen molar-refractivity contribution in [1.82, 2.24) is 15.2 Å². The molecule has 2 aromatic rings. The Labute approximate surface area is 118 Å². The number of aromatic amines is 1. The van der Waals surface area contributed by atoms with Crippen LogP contribution in [0.25, 0.3) is 10.9 Å². The number of hydrogen-bond donors (Lipinski definition) is 2. The lowest BCUT2D eigenvalue weighted by Crippen LogP contribution is -2.40. The summed E-state index contributed by atoms with van der Waals surface area (Å²) in [4.78, 5) is 28.8. The van der Waals surface area contributed by atoms with Gasteiger partial charge in [0, 0.05) is 35.8 Å². The van der Waals surface area contributed by atoms with E-state index in [9.17, 15) is 9.59 Å². The number of hydrogen-bond acceptors (Lipinski definition) is 2. The summed E-state index contributed by atoms with van der Waals surface area (Å²) in [6.07, 6.45) is 1.81. The number of nitrogens with zero attached hydrogens (tertiary/aromatic N) is 1. The van der Waals surface area contributed by atoms with Gasteiger partial charge in [-0.05, 0) is 32.0 Å². The molecule has 1 heterocycles. The SMILES string of the molecule is CCNC(=O)CN(CC)C(=O)c1cccc2[nH]ccc12. The highest BCUT2D eigenvalue weighted by Gasteiger charge is 2.19. The van der Waals surface area contributed by atoms with Crippen molar-refractivity contribution in [2.75, 3.05) is 19.6 Å². The summed E-state index contributed by atoms with van der Waals surface area (Å²) in [7, 11) is 0. The number of amides is 2. The lowest BCUT2D eigenvalue weighted by atomic mass is 10.1. The van der Waals surface area contributed by atoms with Gasteiger partial charge in [-0.25, -0.2) is 0 Å². The van der Waals surface area contributed by atoms with E-state index < -0.39 is 0 Å². The van der Waals surface area contributed by atoms with Crippen molar-refractivity contribution < 1.29 is 9.59 Å². The second kappa shape index (κ2) is 6.23. The van der Waals surface area contributed by atoms with Gasteiger partial charge in [-0.1, -0.05) is 6.07 Å². The number of rotatable bonds is 5.